The summed E-state index contributed by atoms with van der Waals surface area (Å²) in [5, 5.41) is 11.0. The molecule has 0 aromatic rings. The van der Waals surface area contributed by atoms with Crippen LogP contribution in [0.3, 0.4) is 0 Å². The number of nitriles is 1. The number of rotatable bonds is 5. The average molecular weight is 172 g/mol. The van der Waals surface area contributed by atoms with Gasteiger partial charge in [-0.3, -0.25) is 0 Å². The van der Waals surface area contributed by atoms with Crippen molar-refractivity contribution >= 4 is 0 Å². The molecule has 0 N–H and O–H groups in total. The number of nitroso groups, excluding NO2 is 1. The van der Waals surface area contributed by atoms with E-state index in [4.69, 9.17) is 5.26 Å². The van der Waals surface area contributed by atoms with Gasteiger partial charge in [-0.2, -0.15) is 10.2 Å². The molecule has 0 spiro atoms. The average Bonchev–Trinajstić information content (AvgIpc) is 2.03. The molecule has 68 valence electrons. The maximum atomic E-state index is 12.2. The van der Waals surface area contributed by atoms with Gasteiger partial charge in [-0.25, -0.2) is 4.39 Å². The first kappa shape index (κ1) is 11.0. The SMILES string of the molecule is CC(C)(CCC#N)C(CF)N=O. The van der Waals surface area contributed by atoms with Gasteiger partial charge in [0.05, 0.1) is 6.07 Å². The van der Waals surface area contributed by atoms with Crippen LogP contribution in [0.2, 0.25) is 0 Å². The molecule has 0 radical (unpaired) electrons. The van der Waals surface area contributed by atoms with Gasteiger partial charge in [0.2, 0.25) is 0 Å². The number of nitrogens with zero attached hydrogens (tertiary/aromatic N) is 2. The molecule has 0 aliphatic rings. The van der Waals surface area contributed by atoms with Gasteiger partial charge >= 0.3 is 0 Å². The van der Waals surface area contributed by atoms with Gasteiger partial charge in [-0.05, 0) is 11.8 Å². The van der Waals surface area contributed by atoms with Crippen molar-refractivity contribution in [2.75, 3.05) is 6.67 Å². The van der Waals surface area contributed by atoms with Gasteiger partial charge in [-0.1, -0.05) is 19.0 Å². The Morgan fingerprint density at radius 2 is 2.25 bits per heavy atom. The first-order chi connectivity index (χ1) is 5.58. The molecular formula is C8H13FN2O. The molecule has 3 nitrogen and oxygen atoms in total. The molecule has 0 aliphatic heterocycles. The summed E-state index contributed by atoms with van der Waals surface area (Å²) in [5.41, 5.74) is -0.508. The monoisotopic (exact) mass is 172 g/mol. The van der Waals surface area contributed by atoms with Crippen LogP contribution < -0.4 is 0 Å². The summed E-state index contributed by atoms with van der Waals surface area (Å²) >= 11 is 0. The largest absolute Gasteiger partial charge is 0.249 e. The summed E-state index contributed by atoms with van der Waals surface area (Å²) in [7, 11) is 0. The van der Waals surface area contributed by atoms with Gasteiger partial charge in [0.15, 0.2) is 0 Å². The van der Waals surface area contributed by atoms with Crippen molar-refractivity contribution in [3.8, 4) is 6.07 Å². The van der Waals surface area contributed by atoms with E-state index >= 15 is 0 Å². The predicted octanol–water partition coefficient (Wildman–Crippen LogP) is 2.42. The lowest BCUT2D eigenvalue weighted by molar-refractivity contribution is 0.226. The Morgan fingerprint density at radius 1 is 1.67 bits per heavy atom. The quantitative estimate of drug-likeness (QED) is 0.598. The molecular weight excluding hydrogens is 159 g/mol. The number of halogens is 1. The third kappa shape index (κ3) is 2.95. The summed E-state index contributed by atoms with van der Waals surface area (Å²) in [6, 6.07) is 1.13. The lowest BCUT2D eigenvalue weighted by atomic mass is 9.81. The fourth-order valence-corrected chi connectivity index (χ4v) is 0.924. The van der Waals surface area contributed by atoms with Crippen molar-refractivity contribution in [3.63, 3.8) is 0 Å². The highest BCUT2D eigenvalue weighted by Crippen LogP contribution is 2.29. The smallest absolute Gasteiger partial charge is 0.125 e. The van der Waals surface area contributed by atoms with E-state index in [1.807, 2.05) is 6.07 Å². The van der Waals surface area contributed by atoms with E-state index in [1.165, 1.54) is 0 Å². The molecule has 12 heavy (non-hydrogen) atoms. The predicted molar refractivity (Wildman–Crippen MR) is 44.2 cm³/mol. The van der Waals surface area contributed by atoms with Gasteiger partial charge in [0, 0.05) is 6.42 Å². The number of alkyl halides is 1. The molecule has 0 saturated carbocycles. The van der Waals surface area contributed by atoms with Crippen LogP contribution in [0.25, 0.3) is 0 Å². The second-order valence-corrected chi connectivity index (χ2v) is 3.42. The Bertz CT molecular complexity index is 186. The first-order valence-electron chi connectivity index (χ1n) is 3.84. The van der Waals surface area contributed by atoms with E-state index in [-0.39, 0.29) is 0 Å². The fraction of sp³-hybridized carbons (Fsp3) is 0.875. The van der Waals surface area contributed by atoms with Crippen molar-refractivity contribution in [2.24, 2.45) is 10.6 Å². The van der Waals surface area contributed by atoms with Crippen LogP contribution in [0.1, 0.15) is 26.7 Å². The van der Waals surface area contributed by atoms with E-state index in [0.717, 1.165) is 0 Å². The normalized spacial score (nSPS) is 13.5. The molecule has 0 rings (SSSR count). The third-order valence-corrected chi connectivity index (χ3v) is 2.06. The number of hydrogen-bond donors (Lipinski definition) is 0. The molecule has 4 heteroatoms. The van der Waals surface area contributed by atoms with E-state index < -0.39 is 18.1 Å². The zero-order valence-electron chi connectivity index (χ0n) is 7.38. The number of hydrogen-bond acceptors (Lipinski definition) is 3. The van der Waals surface area contributed by atoms with Crippen LogP contribution >= 0.6 is 0 Å². The molecule has 0 amide bonds. The van der Waals surface area contributed by atoms with E-state index in [2.05, 4.69) is 5.18 Å². The van der Waals surface area contributed by atoms with Gasteiger partial charge in [0.25, 0.3) is 0 Å². The minimum absolute atomic E-state index is 0.332. The first-order valence-corrected chi connectivity index (χ1v) is 3.84. The van der Waals surface area contributed by atoms with Crippen LogP contribution in [0.4, 0.5) is 4.39 Å². The maximum absolute atomic E-state index is 12.2. The van der Waals surface area contributed by atoms with E-state index in [1.54, 1.807) is 13.8 Å². The van der Waals surface area contributed by atoms with Crippen LogP contribution in [0, 0.1) is 21.7 Å². The summed E-state index contributed by atoms with van der Waals surface area (Å²) in [6.07, 6.45) is 0.836. The van der Waals surface area contributed by atoms with Gasteiger partial charge in [0.1, 0.15) is 12.7 Å². The van der Waals surface area contributed by atoms with Crippen LogP contribution in [0.15, 0.2) is 5.18 Å². The summed E-state index contributed by atoms with van der Waals surface area (Å²) in [4.78, 5) is 10.2. The second-order valence-electron chi connectivity index (χ2n) is 3.42. The summed E-state index contributed by atoms with van der Waals surface area (Å²) in [6.45, 7) is 2.74. The van der Waals surface area contributed by atoms with Crippen molar-refractivity contribution in [1.82, 2.24) is 0 Å². The highest BCUT2D eigenvalue weighted by molar-refractivity contribution is 4.86. The highest BCUT2D eigenvalue weighted by atomic mass is 19.1. The van der Waals surface area contributed by atoms with Gasteiger partial charge in [-0.15, -0.1) is 0 Å². The Balaban J connectivity index is 4.16. The molecule has 0 bridgehead atoms. The van der Waals surface area contributed by atoms with E-state index in [0.29, 0.717) is 12.8 Å². The summed E-state index contributed by atoms with van der Waals surface area (Å²) < 4.78 is 12.2. The fourth-order valence-electron chi connectivity index (χ4n) is 0.924. The molecule has 1 atom stereocenters. The molecule has 0 aromatic carbocycles. The lowest BCUT2D eigenvalue weighted by Gasteiger charge is -2.26. The summed E-state index contributed by atoms with van der Waals surface area (Å²) in [5.74, 6) is 0. The zero-order chi connectivity index (χ0) is 9.61. The van der Waals surface area contributed by atoms with Crippen LogP contribution in [-0.4, -0.2) is 12.7 Å². The van der Waals surface area contributed by atoms with Crippen LogP contribution in [0.5, 0.6) is 0 Å². The van der Waals surface area contributed by atoms with Crippen molar-refractivity contribution < 1.29 is 4.39 Å². The zero-order valence-corrected chi connectivity index (χ0v) is 7.38. The Hall–Kier alpha value is -0.980. The van der Waals surface area contributed by atoms with E-state index in [9.17, 15) is 9.30 Å². The standard InChI is InChI=1S/C8H13FN2O/c1-8(2,4-3-5-10)7(6-9)11-12/h7H,3-4,6H2,1-2H3. The lowest BCUT2D eigenvalue weighted by Crippen LogP contribution is -2.29. The molecule has 0 saturated heterocycles. The molecule has 0 heterocycles. The maximum Gasteiger partial charge on any atom is 0.125 e. The minimum Gasteiger partial charge on any atom is -0.249 e. The Labute approximate surface area is 71.5 Å². The Morgan fingerprint density at radius 3 is 2.58 bits per heavy atom. The van der Waals surface area contributed by atoms with Gasteiger partial charge < -0.3 is 0 Å². The Kier molecular flexibility index (Phi) is 4.42. The highest BCUT2D eigenvalue weighted by Gasteiger charge is 2.30. The topological polar surface area (TPSA) is 53.2 Å². The van der Waals surface area contributed by atoms with Crippen LogP contribution in [-0.2, 0) is 0 Å². The molecule has 0 aromatic heterocycles. The second kappa shape index (κ2) is 4.81. The van der Waals surface area contributed by atoms with Crippen molar-refractivity contribution in [3.05, 3.63) is 4.91 Å². The third-order valence-electron chi connectivity index (χ3n) is 2.06. The molecule has 0 aliphatic carbocycles. The van der Waals surface area contributed by atoms with Crippen molar-refractivity contribution in [1.29, 1.82) is 5.26 Å². The minimum atomic E-state index is -0.828. The molecule has 1 unspecified atom stereocenters. The van der Waals surface area contributed by atoms with Crippen molar-refractivity contribution in [2.45, 2.75) is 32.7 Å². The molecule has 0 fully saturated rings.